The van der Waals surface area contributed by atoms with Gasteiger partial charge in [-0.15, -0.1) is 0 Å². The molecule has 0 amide bonds. The second-order valence-electron chi connectivity index (χ2n) is 3.61. The van der Waals surface area contributed by atoms with Crippen molar-refractivity contribution in [3.05, 3.63) is 62.4 Å². The van der Waals surface area contributed by atoms with Crippen LogP contribution >= 0.6 is 23.2 Å². The van der Waals surface area contributed by atoms with Crippen LogP contribution in [0.25, 0.3) is 0 Å². The van der Waals surface area contributed by atoms with Crippen molar-refractivity contribution in [2.75, 3.05) is 0 Å². The third-order valence-electron chi connectivity index (χ3n) is 2.34. The van der Waals surface area contributed by atoms with Gasteiger partial charge < -0.3 is 4.74 Å². The lowest BCUT2D eigenvalue weighted by atomic mass is 10.3. The molecule has 2 rings (SSSR count). The van der Waals surface area contributed by atoms with Crippen LogP contribution in [0, 0.1) is 10.1 Å². The minimum absolute atomic E-state index is 0.0772. The average Bonchev–Trinajstić information content (AvgIpc) is 2.37. The Bertz CT molecular complexity index is 620. The summed E-state index contributed by atoms with van der Waals surface area (Å²) in [6.45, 7) is 0.0772. The Hall–Kier alpha value is -1.85. The fraction of sp³-hybridized carbons (Fsp3) is 0.0833. The predicted molar refractivity (Wildman–Crippen MR) is 71.7 cm³/mol. The molecule has 0 bridgehead atoms. The van der Waals surface area contributed by atoms with E-state index in [4.69, 9.17) is 27.9 Å². The molecule has 0 spiro atoms. The monoisotopic (exact) mass is 298 g/mol. The Kier molecular flexibility index (Phi) is 4.19. The second-order valence-corrected chi connectivity index (χ2v) is 4.41. The summed E-state index contributed by atoms with van der Waals surface area (Å²) in [5.41, 5.74) is 0.489. The molecule has 0 N–H and O–H groups in total. The van der Waals surface area contributed by atoms with E-state index in [1.165, 1.54) is 18.2 Å². The van der Waals surface area contributed by atoms with Crippen molar-refractivity contribution in [2.24, 2.45) is 0 Å². The number of nitro groups is 1. The zero-order chi connectivity index (χ0) is 13.8. The van der Waals surface area contributed by atoms with Gasteiger partial charge in [0.15, 0.2) is 5.75 Å². The van der Waals surface area contributed by atoms with Gasteiger partial charge in [0.05, 0.1) is 4.92 Å². The van der Waals surface area contributed by atoms with Crippen molar-refractivity contribution >= 4 is 28.9 Å². The third-order valence-corrected chi connectivity index (χ3v) is 2.91. The molecule has 0 atom stereocenters. The van der Waals surface area contributed by atoms with Gasteiger partial charge in [0.1, 0.15) is 11.8 Å². The minimum atomic E-state index is -0.531. The molecule has 1 aromatic carbocycles. The summed E-state index contributed by atoms with van der Waals surface area (Å²) in [5.74, 6) is 0.0948. The lowest BCUT2D eigenvalue weighted by Gasteiger charge is -2.07. The Balaban J connectivity index is 2.22. The molecule has 0 saturated carbocycles. The molecule has 1 aromatic heterocycles. The molecule has 1 heterocycles. The molecule has 5 nitrogen and oxygen atoms in total. The highest BCUT2D eigenvalue weighted by atomic mass is 35.5. The van der Waals surface area contributed by atoms with Crippen LogP contribution in [0.2, 0.25) is 10.2 Å². The number of ether oxygens (including phenoxy) is 1. The van der Waals surface area contributed by atoms with Crippen molar-refractivity contribution in [2.45, 2.75) is 6.61 Å². The summed E-state index contributed by atoms with van der Waals surface area (Å²) in [7, 11) is 0. The molecule has 19 heavy (non-hydrogen) atoms. The van der Waals surface area contributed by atoms with Crippen molar-refractivity contribution in [3.8, 4) is 5.75 Å². The first-order chi connectivity index (χ1) is 9.08. The van der Waals surface area contributed by atoms with Gasteiger partial charge in [0.2, 0.25) is 0 Å². The molecular weight excluding hydrogens is 291 g/mol. The summed E-state index contributed by atoms with van der Waals surface area (Å²) >= 11 is 11.7. The Labute approximate surface area is 118 Å². The number of nitrogens with zero attached hydrogens (tertiary/aromatic N) is 2. The van der Waals surface area contributed by atoms with Gasteiger partial charge in [0, 0.05) is 28.9 Å². The molecule has 0 unspecified atom stereocenters. The molecule has 0 aliphatic heterocycles. The topological polar surface area (TPSA) is 65.3 Å². The van der Waals surface area contributed by atoms with Crippen molar-refractivity contribution in [1.82, 2.24) is 4.98 Å². The summed E-state index contributed by atoms with van der Waals surface area (Å²) in [6.07, 6.45) is 1.55. The van der Waals surface area contributed by atoms with Gasteiger partial charge in [0.25, 0.3) is 0 Å². The number of nitro benzene ring substituents is 1. The van der Waals surface area contributed by atoms with E-state index < -0.39 is 4.92 Å². The number of rotatable bonds is 4. The number of hydrogen-bond donors (Lipinski definition) is 0. The first-order valence-electron chi connectivity index (χ1n) is 5.24. The standard InChI is InChI=1S/C12H8Cl2N2O3/c13-9-3-4-10(16(17)18)11(6-9)19-7-8-2-1-5-15-12(8)14/h1-6H,7H2. The predicted octanol–water partition coefficient (Wildman–Crippen LogP) is 3.88. The quantitative estimate of drug-likeness (QED) is 0.488. The molecule has 7 heteroatoms. The van der Waals surface area contributed by atoms with Crippen LogP contribution in [0.15, 0.2) is 36.5 Å². The van der Waals surface area contributed by atoms with Gasteiger partial charge in [-0.3, -0.25) is 10.1 Å². The summed E-state index contributed by atoms with van der Waals surface area (Å²) in [6, 6.07) is 7.55. The number of aromatic nitrogens is 1. The van der Waals surface area contributed by atoms with E-state index in [0.717, 1.165) is 0 Å². The number of benzene rings is 1. The molecule has 98 valence electrons. The maximum Gasteiger partial charge on any atom is 0.311 e. The van der Waals surface area contributed by atoms with E-state index in [1.54, 1.807) is 18.3 Å². The molecule has 2 aromatic rings. The number of halogens is 2. The zero-order valence-electron chi connectivity index (χ0n) is 9.55. The van der Waals surface area contributed by atoms with Crippen molar-refractivity contribution in [1.29, 1.82) is 0 Å². The third kappa shape index (κ3) is 3.33. The number of hydrogen-bond acceptors (Lipinski definition) is 4. The van der Waals surface area contributed by atoms with E-state index in [0.29, 0.717) is 15.7 Å². The molecule has 0 saturated heterocycles. The molecule has 0 aliphatic carbocycles. The SMILES string of the molecule is O=[N+]([O-])c1ccc(Cl)cc1OCc1cccnc1Cl. The number of pyridine rings is 1. The highest BCUT2D eigenvalue weighted by Crippen LogP contribution is 2.30. The van der Waals surface area contributed by atoms with E-state index in [-0.39, 0.29) is 18.0 Å². The van der Waals surface area contributed by atoms with Gasteiger partial charge in [-0.05, 0) is 12.1 Å². The molecular formula is C12H8Cl2N2O3. The smallest absolute Gasteiger partial charge is 0.311 e. The normalized spacial score (nSPS) is 10.2. The van der Waals surface area contributed by atoms with E-state index in [9.17, 15) is 10.1 Å². The maximum atomic E-state index is 10.9. The maximum absolute atomic E-state index is 10.9. The Morgan fingerprint density at radius 1 is 1.32 bits per heavy atom. The van der Waals surface area contributed by atoms with Crippen LogP contribution in [0.3, 0.4) is 0 Å². The van der Waals surface area contributed by atoms with Crippen LogP contribution in [-0.4, -0.2) is 9.91 Å². The van der Waals surface area contributed by atoms with Crippen LogP contribution in [-0.2, 0) is 6.61 Å². The Morgan fingerprint density at radius 2 is 2.11 bits per heavy atom. The highest BCUT2D eigenvalue weighted by Gasteiger charge is 2.15. The van der Waals surface area contributed by atoms with E-state index in [2.05, 4.69) is 4.98 Å². The van der Waals surface area contributed by atoms with E-state index in [1.807, 2.05) is 0 Å². The fourth-order valence-electron chi connectivity index (χ4n) is 1.44. The molecule has 0 aliphatic rings. The van der Waals surface area contributed by atoms with Crippen molar-refractivity contribution < 1.29 is 9.66 Å². The zero-order valence-corrected chi connectivity index (χ0v) is 11.1. The summed E-state index contributed by atoms with van der Waals surface area (Å²) < 4.78 is 5.40. The van der Waals surface area contributed by atoms with Crippen LogP contribution in [0.5, 0.6) is 5.75 Å². The lowest BCUT2D eigenvalue weighted by Crippen LogP contribution is -2.00. The highest BCUT2D eigenvalue weighted by molar-refractivity contribution is 6.30. The van der Waals surface area contributed by atoms with Gasteiger partial charge >= 0.3 is 5.69 Å². The lowest BCUT2D eigenvalue weighted by molar-refractivity contribution is -0.385. The summed E-state index contributed by atoms with van der Waals surface area (Å²) in [4.78, 5) is 14.2. The van der Waals surface area contributed by atoms with Crippen molar-refractivity contribution in [3.63, 3.8) is 0 Å². The van der Waals surface area contributed by atoms with Crippen LogP contribution < -0.4 is 4.74 Å². The second kappa shape index (κ2) is 5.86. The first kappa shape index (κ1) is 13.6. The van der Waals surface area contributed by atoms with E-state index >= 15 is 0 Å². The van der Waals surface area contributed by atoms with Gasteiger partial charge in [-0.2, -0.15) is 0 Å². The van der Waals surface area contributed by atoms with Crippen LogP contribution in [0.1, 0.15) is 5.56 Å². The summed E-state index contributed by atoms with van der Waals surface area (Å²) in [5, 5.41) is 11.5. The largest absolute Gasteiger partial charge is 0.482 e. The minimum Gasteiger partial charge on any atom is -0.482 e. The fourth-order valence-corrected chi connectivity index (χ4v) is 1.77. The average molecular weight is 299 g/mol. The Morgan fingerprint density at radius 3 is 2.79 bits per heavy atom. The van der Waals surface area contributed by atoms with Gasteiger partial charge in [-0.25, -0.2) is 4.98 Å². The molecule has 0 fully saturated rings. The first-order valence-corrected chi connectivity index (χ1v) is 5.99. The van der Waals surface area contributed by atoms with Crippen LogP contribution in [0.4, 0.5) is 5.69 Å². The van der Waals surface area contributed by atoms with Gasteiger partial charge in [-0.1, -0.05) is 29.3 Å². The molecule has 0 radical (unpaired) electrons.